The van der Waals surface area contributed by atoms with E-state index in [2.05, 4.69) is 29.1 Å². The molecule has 1 heterocycles. The van der Waals surface area contributed by atoms with Crippen molar-refractivity contribution < 1.29 is 4.74 Å². The lowest BCUT2D eigenvalue weighted by Gasteiger charge is -2.18. The lowest BCUT2D eigenvalue weighted by Crippen LogP contribution is -2.31. The van der Waals surface area contributed by atoms with Gasteiger partial charge in [0.2, 0.25) is 5.88 Å². The Kier molecular flexibility index (Phi) is 6.65. The maximum absolute atomic E-state index is 5.51. The predicted octanol–water partition coefficient (Wildman–Crippen LogP) is 2.50. The van der Waals surface area contributed by atoms with Gasteiger partial charge in [-0.3, -0.25) is 0 Å². The minimum atomic E-state index is 0.489. The molecule has 0 aromatic carbocycles. The summed E-state index contributed by atoms with van der Waals surface area (Å²) in [6.07, 6.45) is 4.89. The first-order chi connectivity index (χ1) is 8.72. The molecule has 0 spiro atoms. The van der Waals surface area contributed by atoms with Crippen molar-refractivity contribution in [1.29, 1.82) is 0 Å². The van der Waals surface area contributed by atoms with Crippen LogP contribution in [0.25, 0.3) is 0 Å². The van der Waals surface area contributed by atoms with E-state index in [0.717, 1.165) is 24.2 Å². The summed E-state index contributed by atoms with van der Waals surface area (Å²) in [5.74, 6) is 0.717. The van der Waals surface area contributed by atoms with Crippen LogP contribution in [0.2, 0.25) is 0 Å². The highest BCUT2D eigenvalue weighted by Gasteiger charge is 2.13. The Morgan fingerprint density at radius 1 is 1.28 bits per heavy atom. The minimum absolute atomic E-state index is 0.489. The molecule has 0 saturated carbocycles. The fourth-order valence-corrected chi connectivity index (χ4v) is 2.10. The normalized spacial score (nSPS) is 12.4. The van der Waals surface area contributed by atoms with E-state index < -0.39 is 0 Å². The lowest BCUT2D eigenvalue weighted by atomic mass is 10.0. The van der Waals surface area contributed by atoms with Gasteiger partial charge in [0.15, 0.2) is 0 Å². The van der Waals surface area contributed by atoms with Crippen LogP contribution in [-0.2, 0) is 6.42 Å². The summed E-state index contributed by atoms with van der Waals surface area (Å²) in [5.41, 5.74) is 2.16. The van der Waals surface area contributed by atoms with E-state index in [1.807, 2.05) is 13.8 Å². The molecular formula is C14H25N3O. The van der Waals surface area contributed by atoms with Crippen molar-refractivity contribution in [2.75, 3.05) is 13.2 Å². The van der Waals surface area contributed by atoms with Gasteiger partial charge in [-0.1, -0.05) is 20.3 Å². The fraction of sp³-hybridized carbons (Fsp3) is 0.714. The lowest BCUT2D eigenvalue weighted by molar-refractivity contribution is 0.322. The topological polar surface area (TPSA) is 47.0 Å². The number of nitrogens with zero attached hydrogens (tertiary/aromatic N) is 2. The third kappa shape index (κ3) is 4.26. The number of aromatic nitrogens is 2. The van der Waals surface area contributed by atoms with E-state index in [1.54, 1.807) is 6.33 Å². The highest BCUT2D eigenvalue weighted by Crippen LogP contribution is 2.18. The van der Waals surface area contributed by atoms with Gasteiger partial charge in [-0.15, -0.1) is 0 Å². The second kappa shape index (κ2) is 8.03. The van der Waals surface area contributed by atoms with Crippen molar-refractivity contribution in [3.05, 3.63) is 17.6 Å². The van der Waals surface area contributed by atoms with Crippen LogP contribution < -0.4 is 10.1 Å². The molecule has 1 unspecified atom stereocenters. The zero-order chi connectivity index (χ0) is 13.4. The monoisotopic (exact) mass is 251 g/mol. The van der Waals surface area contributed by atoms with Gasteiger partial charge in [0.05, 0.1) is 12.3 Å². The molecule has 1 N–H and O–H groups in total. The molecule has 1 aromatic heterocycles. The van der Waals surface area contributed by atoms with Crippen molar-refractivity contribution >= 4 is 0 Å². The quantitative estimate of drug-likeness (QED) is 0.771. The number of likely N-dealkylation sites (N-methyl/N-ethyl adjacent to an activating group) is 1. The molecule has 0 aliphatic heterocycles. The Bertz CT molecular complexity index is 349. The number of rotatable bonds is 8. The molecule has 18 heavy (non-hydrogen) atoms. The van der Waals surface area contributed by atoms with Crippen LogP contribution in [0.15, 0.2) is 6.33 Å². The number of ether oxygens (including phenoxy) is 1. The van der Waals surface area contributed by atoms with Crippen LogP contribution in [0.4, 0.5) is 0 Å². The molecule has 0 saturated heterocycles. The van der Waals surface area contributed by atoms with Crippen LogP contribution >= 0.6 is 0 Å². The third-order valence-corrected chi connectivity index (χ3v) is 2.99. The van der Waals surface area contributed by atoms with Crippen molar-refractivity contribution in [2.45, 2.75) is 53.0 Å². The van der Waals surface area contributed by atoms with Crippen molar-refractivity contribution in [3.8, 4) is 5.88 Å². The highest BCUT2D eigenvalue weighted by atomic mass is 16.5. The van der Waals surface area contributed by atoms with E-state index in [9.17, 15) is 0 Å². The molecule has 4 heteroatoms. The molecule has 1 aromatic rings. The van der Waals surface area contributed by atoms with E-state index >= 15 is 0 Å². The number of hydrogen-bond acceptors (Lipinski definition) is 4. The second-order valence-electron chi connectivity index (χ2n) is 4.43. The van der Waals surface area contributed by atoms with Gasteiger partial charge >= 0.3 is 0 Å². The van der Waals surface area contributed by atoms with Crippen LogP contribution in [0.3, 0.4) is 0 Å². The minimum Gasteiger partial charge on any atom is -0.478 e. The maximum Gasteiger partial charge on any atom is 0.219 e. The molecule has 1 atom stereocenters. The molecule has 0 aliphatic carbocycles. The van der Waals surface area contributed by atoms with Crippen LogP contribution in [0.1, 0.15) is 44.9 Å². The molecule has 0 bridgehead atoms. The molecule has 0 radical (unpaired) electrons. The summed E-state index contributed by atoms with van der Waals surface area (Å²) in [6, 6.07) is 0.489. The van der Waals surface area contributed by atoms with Gasteiger partial charge in [-0.05, 0) is 26.8 Å². The van der Waals surface area contributed by atoms with Gasteiger partial charge in [-0.2, -0.15) is 0 Å². The van der Waals surface area contributed by atoms with Gasteiger partial charge in [-0.25, -0.2) is 9.97 Å². The number of hydrogen-bond donors (Lipinski definition) is 1. The Hall–Kier alpha value is -1.16. The van der Waals surface area contributed by atoms with Gasteiger partial charge < -0.3 is 10.1 Å². The molecule has 0 amide bonds. The SMILES string of the molecule is CCCC(Cc1ncnc(OCC)c1C)NCC. The summed E-state index contributed by atoms with van der Waals surface area (Å²) < 4.78 is 5.51. The van der Waals surface area contributed by atoms with Gasteiger partial charge in [0, 0.05) is 18.0 Å². The Morgan fingerprint density at radius 3 is 2.67 bits per heavy atom. The predicted molar refractivity (Wildman–Crippen MR) is 74.0 cm³/mol. The summed E-state index contributed by atoms with van der Waals surface area (Å²) >= 11 is 0. The maximum atomic E-state index is 5.51. The Morgan fingerprint density at radius 2 is 2.06 bits per heavy atom. The van der Waals surface area contributed by atoms with Gasteiger partial charge in [0.1, 0.15) is 6.33 Å². The first kappa shape index (κ1) is 14.9. The molecule has 1 rings (SSSR count). The second-order valence-corrected chi connectivity index (χ2v) is 4.43. The van der Waals surface area contributed by atoms with Crippen molar-refractivity contribution in [3.63, 3.8) is 0 Å². The van der Waals surface area contributed by atoms with E-state index in [-0.39, 0.29) is 0 Å². The Balaban J connectivity index is 2.78. The Labute approximate surface area is 110 Å². The third-order valence-electron chi connectivity index (χ3n) is 2.99. The molecule has 0 aliphatic rings. The summed E-state index contributed by atoms with van der Waals surface area (Å²) in [5, 5.41) is 3.51. The molecular weight excluding hydrogens is 226 g/mol. The summed E-state index contributed by atoms with van der Waals surface area (Å²) in [4.78, 5) is 8.57. The average Bonchev–Trinajstić information content (AvgIpc) is 2.35. The fourth-order valence-electron chi connectivity index (χ4n) is 2.10. The zero-order valence-electron chi connectivity index (χ0n) is 12.0. The summed E-state index contributed by atoms with van der Waals surface area (Å²) in [7, 11) is 0. The highest BCUT2D eigenvalue weighted by molar-refractivity contribution is 5.28. The van der Waals surface area contributed by atoms with Crippen LogP contribution in [0.5, 0.6) is 5.88 Å². The van der Waals surface area contributed by atoms with Gasteiger partial charge in [0.25, 0.3) is 0 Å². The first-order valence-corrected chi connectivity index (χ1v) is 6.89. The van der Waals surface area contributed by atoms with E-state index in [4.69, 9.17) is 4.74 Å². The van der Waals surface area contributed by atoms with Crippen molar-refractivity contribution in [2.24, 2.45) is 0 Å². The molecule has 4 nitrogen and oxygen atoms in total. The summed E-state index contributed by atoms with van der Waals surface area (Å²) in [6.45, 7) is 9.99. The largest absolute Gasteiger partial charge is 0.478 e. The molecule has 102 valence electrons. The smallest absolute Gasteiger partial charge is 0.219 e. The van der Waals surface area contributed by atoms with Crippen molar-refractivity contribution in [1.82, 2.24) is 15.3 Å². The van der Waals surface area contributed by atoms with Crippen LogP contribution in [0, 0.1) is 6.92 Å². The first-order valence-electron chi connectivity index (χ1n) is 6.89. The standard InChI is InChI=1S/C14H25N3O/c1-5-8-12(15-6-2)9-13-11(4)14(18-7-3)17-10-16-13/h10,12,15H,5-9H2,1-4H3. The zero-order valence-corrected chi connectivity index (χ0v) is 12.0. The van der Waals surface area contributed by atoms with Crippen LogP contribution in [-0.4, -0.2) is 29.2 Å². The molecule has 0 fully saturated rings. The average molecular weight is 251 g/mol. The number of nitrogens with one attached hydrogen (secondary N) is 1. The van der Waals surface area contributed by atoms with E-state index in [1.165, 1.54) is 12.8 Å². The van der Waals surface area contributed by atoms with E-state index in [0.29, 0.717) is 18.5 Å².